The van der Waals surface area contributed by atoms with Crippen LogP contribution in [0.15, 0.2) is 12.1 Å². The highest BCUT2D eigenvalue weighted by atomic mass is 35.5. The number of nitrogens with zero attached hydrogens (tertiary/aromatic N) is 2. The van der Waals surface area contributed by atoms with Crippen LogP contribution in [-0.4, -0.2) is 47.0 Å². The fourth-order valence-corrected chi connectivity index (χ4v) is 2.60. The van der Waals surface area contributed by atoms with E-state index in [0.717, 1.165) is 4.88 Å². The lowest BCUT2D eigenvalue weighted by Crippen LogP contribution is -2.43. The summed E-state index contributed by atoms with van der Waals surface area (Å²) in [5.41, 5.74) is 0. The Morgan fingerprint density at radius 1 is 1.44 bits per heavy atom. The van der Waals surface area contributed by atoms with Gasteiger partial charge in [0.25, 0.3) is 0 Å². The highest BCUT2D eigenvalue weighted by Crippen LogP contribution is 2.22. The highest BCUT2D eigenvalue weighted by molar-refractivity contribution is 7.16. The number of halogens is 1. The number of carboxylic acid groups (broad SMARTS) is 1. The summed E-state index contributed by atoms with van der Waals surface area (Å²) in [6, 6.07) is 3.32. The molecule has 2 amide bonds. The number of carboxylic acids is 1. The molecule has 1 rings (SSSR count). The molecule has 0 aliphatic heterocycles. The molecule has 0 saturated carbocycles. The lowest BCUT2D eigenvalue weighted by atomic mass is 10.4. The van der Waals surface area contributed by atoms with E-state index in [2.05, 4.69) is 0 Å². The van der Waals surface area contributed by atoms with Gasteiger partial charge < -0.3 is 14.9 Å². The molecule has 18 heavy (non-hydrogen) atoms. The van der Waals surface area contributed by atoms with Crippen LogP contribution in [0.1, 0.15) is 11.8 Å². The molecule has 100 valence electrons. The highest BCUT2D eigenvalue weighted by Gasteiger charge is 2.19. The van der Waals surface area contributed by atoms with Crippen molar-refractivity contribution in [1.29, 1.82) is 0 Å². The van der Waals surface area contributed by atoms with Gasteiger partial charge in [0, 0.05) is 18.5 Å². The summed E-state index contributed by atoms with van der Waals surface area (Å²) in [5, 5.41) is 8.71. The van der Waals surface area contributed by atoms with Gasteiger partial charge in [0.05, 0.1) is 10.9 Å². The van der Waals surface area contributed by atoms with Crippen LogP contribution in [-0.2, 0) is 11.3 Å². The Morgan fingerprint density at radius 3 is 2.56 bits per heavy atom. The van der Waals surface area contributed by atoms with Gasteiger partial charge in [-0.25, -0.2) is 4.79 Å². The predicted molar refractivity (Wildman–Crippen MR) is 71.1 cm³/mol. The Labute approximate surface area is 115 Å². The second-order valence-corrected chi connectivity index (χ2v) is 5.55. The van der Waals surface area contributed by atoms with Crippen LogP contribution in [0.4, 0.5) is 4.79 Å². The monoisotopic (exact) mass is 290 g/mol. The summed E-state index contributed by atoms with van der Waals surface area (Å²) in [6.07, 6.45) is 0. The van der Waals surface area contributed by atoms with E-state index in [1.807, 2.05) is 6.07 Å². The zero-order valence-electron chi connectivity index (χ0n) is 10.2. The molecule has 0 radical (unpaired) electrons. The fraction of sp³-hybridized carbons (Fsp3) is 0.455. The van der Waals surface area contributed by atoms with Gasteiger partial charge in [-0.05, 0) is 19.1 Å². The van der Waals surface area contributed by atoms with E-state index in [9.17, 15) is 9.59 Å². The summed E-state index contributed by atoms with van der Waals surface area (Å²) in [4.78, 5) is 26.3. The first-order chi connectivity index (χ1) is 8.43. The normalized spacial score (nSPS) is 10.2. The Balaban J connectivity index is 2.61. The molecule has 0 bridgehead atoms. The fourth-order valence-electron chi connectivity index (χ4n) is 1.46. The third-order valence-corrected chi connectivity index (χ3v) is 3.54. The first kappa shape index (κ1) is 14.8. The number of aliphatic carboxylic acids is 1. The molecular formula is C11H15ClN2O3S. The largest absolute Gasteiger partial charge is 0.480 e. The van der Waals surface area contributed by atoms with Crippen molar-refractivity contribution in [2.24, 2.45) is 0 Å². The molecule has 0 saturated heterocycles. The zero-order chi connectivity index (χ0) is 13.7. The number of rotatable bonds is 5. The van der Waals surface area contributed by atoms with E-state index in [4.69, 9.17) is 16.7 Å². The summed E-state index contributed by atoms with van der Waals surface area (Å²) in [5.74, 6) is -1.02. The average Bonchev–Trinajstić information content (AvgIpc) is 2.70. The molecule has 1 aromatic rings. The molecule has 1 aromatic heterocycles. The van der Waals surface area contributed by atoms with Crippen LogP contribution < -0.4 is 0 Å². The molecule has 5 nitrogen and oxygen atoms in total. The molecule has 0 spiro atoms. The molecular weight excluding hydrogens is 276 g/mol. The minimum atomic E-state index is -1.02. The van der Waals surface area contributed by atoms with Crippen LogP contribution in [0.3, 0.4) is 0 Å². The Kier molecular flexibility index (Phi) is 5.43. The predicted octanol–water partition coefficient (Wildman–Crippen LogP) is 2.36. The maximum atomic E-state index is 12.0. The number of carbonyl (C=O) groups is 2. The van der Waals surface area contributed by atoms with Crippen molar-refractivity contribution < 1.29 is 14.7 Å². The number of hydrogen-bond acceptors (Lipinski definition) is 3. The molecule has 0 unspecified atom stereocenters. The van der Waals surface area contributed by atoms with Crippen LogP contribution in [0.25, 0.3) is 0 Å². The first-order valence-electron chi connectivity index (χ1n) is 5.40. The Morgan fingerprint density at radius 2 is 2.11 bits per heavy atom. The van der Waals surface area contributed by atoms with Gasteiger partial charge in [0.2, 0.25) is 0 Å². The third-order valence-electron chi connectivity index (χ3n) is 2.33. The summed E-state index contributed by atoms with van der Waals surface area (Å²) < 4.78 is 0.670. The van der Waals surface area contributed by atoms with Crippen molar-refractivity contribution >= 4 is 34.9 Å². The molecule has 0 aliphatic carbocycles. The first-order valence-corrected chi connectivity index (χ1v) is 6.59. The van der Waals surface area contributed by atoms with Crippen molar-refractivity contribution in [1.82, 2.24) is 9.80 Å². The van der Waals surface area contributed by atoms with E-state index in [1.165, 1.54) is 21.1 Å². The molecule has 1 heterocycles. The molecule has 0 fully saturated rings. The van der Waals surface area contributed by atoms with Gasteiger partial charge in [0.15, 0.2) is 0 Å². The van der Waals surface area contributed by atoms with E-state index < -0.39 is 5.97 Å². The van der Waals surface area contributed by atoms with Crippen molar-refractivity contribution in [3.63, 3.8) is 0 Å². The summed E-state index contributed by atoms with van der Waals surface area (Å²) in [6.45, 7) is 2.24. The lowest BCUT2D eigenvalue weighted by molar-refractivity contribution is -0.137. The SMILES string of the molecule is CCN(CC(=O)O)C(=O)N(C)Cc1ccc(Cl)s1. The van der Waals surface area contributed by atoms with Gasteiger partial charge in [-0.1, -0.05) is 11.6 Å². The van der Waals surface area contributed by atoms with Crippen LogP contribution >= 0.6 is 22.9 Å². The number of likely N-dealkylation sites (N-methyl/N-ethyl adjacent to an activating group) is 1. The third kappa shape index (κ3) is 4.19. The minimum absolute atomic E-state index is 0.287. The van der Waals surface area contributed by atoms with Gasteiger partial charge in [-0.2, -0.15) is 0 Å². The van der Waals surface area contributed by atoms with Gasteiger partial charge in [-0.15, -0.1) is 11.3 Å². The van der Waals surface area contributed by atoms with Gasteiger partial charge in [0.1, 0.15) is 6.54 Å². The second-order valence-electron chi connectivity index (χ2n) is 3.75. The minimum Gasteiger partial charge on any atom is -0.480 e. The van der Waals surface area contributed by atoms with Crippen LogP contribution in [0, 0.1) is 0 Å². The molecule has 7 heteroatoms. The summed E-state index contributed by atoms with van der Waals surface area (Å²) >= 11 is 7.21. The van der Waals surface area contributed by atoms with Gasteiger partial charge >= 0.3 is 12.0 Å². The zero-order valence-corrected chi connectivity index (χ0v) is 11.8. The number of carbonyl (C=O) groups excluding carboxylic acids is 1. The summed E-state index contributed by atoms with van der Waals surface area (Å²) in [7, 11) is 1.64. The van der Waals surface area contributed by atoms with E-state index in [0.29, 0.717) is 17.4 Å². The van der Waals surface area contributed by atoms with Crippen molar-refractivity contribution in [2.75, 3.05) is 20.1 Å². The number of hydrogen-bond donors (Lipinski definition) is 1. The number of urea groups is 1. The number of thiophene rings is 1. The second kappa shape index (κ2) is 6.61. The van der Waals surface area contributed by atoms with E-state index >= 15 is 0 Å². The van der Waals surface area contributed by atoms with E-state index in [1.54, 1.807) is 20.0 Å². The van der Waals surface area contributed by atoms with Gasteiger partial charge in [-0.3, -0.25) is 4.79 Å². The van der Waals surface area contributed by atoms with Crippen LogP contribution in [0.2, 0.25) is 4.34 Å². The molecule has 0 aliphatic rings. The maximum Gasteiger partial charge on any atom is 0.323 e. The van der Waals surface area contributed by atoms with Crippen LogP contribution in [0.5, 0.6) is 0 Å². The molecule has 0 atom stereocenters. The smallest absolute Gasteiger partial charge is 0.323 e. The molecule has 1 N–H and O–H groups in total. The quantitative estimate of drug-likeness (QED) is 0.905. The van der Waals surface area contributed by atoms with Crippen molar-refractivity contribution in [2.45, 2.75) is 13.5 Å². The number of amides is 2. The maximum absolute atomic E-state index is 12.0. The van der Waals surface area contributed by atoms with Crippen molar-refractivity contribution in [3.8, 4) is 0 Å². The molecule has 0 aromatic carbocycles. The average molecular weight is 291 g/mol. The van der Waals surface area contributed by atoms with Crippen molar-refractivity contribution in [3.05, 3.63) is 21.3 Å². The van der Waals surface area contributed by atoms with E-state index in [-0.39, 0.29) is 12.6 Å². The Hall–Kier alpha value is -1.27. The topological polar surface area (TPSA) is 60.9 Å². The standard InChI is InChI=1S/C11H15ClN2O3S/c1-3-14(7-10(15)16)11(17)13(2)6-8-4-5-9(12)18-8/h4-5H,3,6-7H2,1-2H3,(H,15,16). The lowest BCUT2D eigenvalue weighted by Gasteiger charge is -2.25. The Bertz CT molecular complexity index is 436.